The Labute approximate surface area is 188 Å². The van der Waals surface area contributed by atoms with E-state index in [1.165, 1.54) is 27.9 Å². The average Bonchev–Trinajstić information content (AvgIpc) is 3.13. The van der Waals surface area contributed by atoms with Crippen molar-refractivity contribution in [1.29, 1.82) is 0 Å². The Bertz CT molecular complexity index is 1030. The minimum absolute atomic E-state index is 0.0946. The van der Waals surface area contributed by atoms with Crippen LogP contribution in [0.2, 0.25) is 0 Å². The minimum atomic E-state index is -0.0946. The van der Waals surface area contributed by atoms with Gasteiger partial charge in [-0.25, -0.2) is 5.43 Å². The highest BCUT2D eigenvalue weighted by molar-refractivity contribution is 8.00. The molecule has 0 atom stereocenters. The van der Waals surface area contributed by atoms with Crippen LogP contribution in [0.3, 0.4) is 0 Å². The van der Waals surface area contributed by atoms with E-state index >= 15 is 0 Å². The maximum absolute atomic E-state index is 12.4. The molecule has 0 bridgehead atoms. The fourth-order valence-electron chi connectivity index (χ4n) is 4.02. The standard InChI is InChI=1S/C26H27N3OS/c1-3-29(4-2)20-15-13-19(14-16-20)17-27-28-25(30)18-31-26-23-11-7-5-9-21(23)22-10-6-8-12-24(22)26/h5-17,26H,3-4,18H2,1-2H3,(H,28,30). The Morgan fingerprint density at radius 3 is 2.10 bits per heavy atom. The molecular weight excluding hydrogens is 402 g/mol. The van der Waals surface area contributed by atoms with E-state index < -0.39 is 0 Å². The average molecular weight is 430 g/mol. The molecule has 0 saturated heterocycles. The first-order valence-corrected chi connectivity index (χ1v) is 11.7. The maximum Gasteiger partial charge on any atom is 0.250 e. The maximum atomic E-state index is 12.4. The molecule has 4 nitrogen and oxygen atoms in total. The third-order valence-corrected chi connectivity index (χ3v) is 6.85. The Balaban J connectivity index is 1.34. The molecule has 0 heterocycles. The second-order valence-electron chi connectivity index (χ2n) is 7.42. The van der Waals surface area contributed by atoms with Crippen LogP contribution in [0.1, 0.15) is 35.8 Å². The molecule has 0 spiro atoms. The number of rotatable bonds is 8. The summed E-state index contributed by atoms with van der Waals surface area (Å²) < 4.78 is 0. The number of nitrogens with zero attached hydrogens (tertiary/aromatic N) is 2. The smallest absolute Gasteiger partial charge is 0.250 e. The van der Waals surface area contributed by atoms with Crippen LogP contribution in [-0.4, -0.2) is 31.0 Å². The van der Waals surface area contributed by atoms with Gasteiger partial charge in [0, 0.05) is 18.8 Å². The number of nitrogens with one attached hydrogen (secondary N) is 1. The van der Waals surface area contributed by atoms with E-state index in [-0.39, 0.29) is 11.2 Å². The highest BCUT2D eigenvalue weighted by Crippen LogP contribution is 2.49. The number of carbonyl (C=O) groups is 1. The Hall–Kier alpha value is -3.05. The fraction of sp³-hybridized carbons (Fsp3) is 0.231. The number of fused-ring (bicyclic) bond motifs is 3. The number of hydrogen-bond acceptors (Lipinski definition) is 4. The summed E-state index contributed by atoms with van der Waals surface area (Å²) in [4.78, 5) is 14.7. The van der Waals surface area contributed by atoms with Crippen LogP contribution < -0.4 is 10.3 Å². The molecule has 31 heavy (non-hydrogen) atoms. The molecule has 1 aliphatic rings. The summed E-state index contributed by atoms with van der Waals surface area (Å²) in [5.74, 6) is 0.258. The largest absolute Gasteiger partial charge is 0.372 e. The van der Waals surface area contributed by atoms with Gasteiger partial charge in [-0.3, -0.25) is 4.79 Å². The van der Waals surface area contributed by atoms with E-state index in [2.05, 4.69) is 89.9 Å². The predicted molar refractivity (Wildman–Crippen MR) is 132 cm³/mol. The van der Waals surface area contributed by atoms with Gasteiger partial charge in [-0.2, -0.15) is 5.10 Å². The van der Waals surface area contributed by atoms with E-state index in [1.807, 2.05) is 12.1 Å². The molecule has 0 aromatic heterocycles. The van der Waals surface area contributed by atoms with Gasteiger partial charge in [0.1, 0.15) is 0 Å². The molecule has 3 aromatic carbocycles. The van der Waals surface area contributed by atoms with Crippen LogP contribution >= 0.6 is 11.8 Å². The molecule has 1 amide bonds. The van der Waals surface area contributed by atoms with Crippen molar-refractivity contribution in [3.63, 3.8) is 0 Å². The van der Waals surface area contributed by atoms with Crippen molar-refractivity contribution in [2.24, 2.45) is 5.10 Å². The first-order valence-electron chi connectivity index (χ1n) is 10.7. The number of benzene rings is 3. The van der Waals surface area contributed by atoms with E-state index in [1.54, 1.807) is 18.0 Å². The van der Waals surface area contributed by atoms with Crippen LogP contribution in [0, 0.1) is 0 Å². The third kappa shape index (κ3) is 4.67. The van der Waals surface area contributed by atoms with Gasteiger partial charge >= 0.3 is 0 Å². The van der Waals surface area contributed by atoms with Crippen LogP contribution in [-0.2, 0) is 4.79 Å². The Morgan fingerprint density at radius 1 is 0.935 bits per heavy atom. The quantitative estimate of drug-likeness (QED) is 0.381. The van der Waals surface area contributed by atoms with Crippen molar-refractivity contribution >= 4 is 29.6 Å². The van der Waals surface area contributed by atoms with Gasteiger partial charge in [0.25, 0.3) is 0 Å². The zero-order valence-corrected chi connectivity index (χ0v) is 18.7. The molecular formula is C26H27N3OS. The second kappa shape index (κ2) is 9.84. The zero-order chi connectivity index (χ0) is 21.6. The van der Waals surface area contributed by atoms with Gasteiger partial charge < -0.3 is 4.90 Å². The molecule has 4 rings (SSSR count). The van der Waals surface area contributed by atoms with Crippen molar-refractivity contribution in [3.8, 4) is 11.1 Å². The van der Waals surface area contributed by atoms with Gasteiger partial charge in [-0.15, -0.1) is 11.8 Å². The lowest BCUT2D eigenvalue weighted by Gasteiger charge is -2.20. The number of hydrogen-bond donors (Lipinski definition) is 1. The van der Waals surface area contributed by atoms with E-state index in [0.29, 0.717) is 5.75 Å². The molecule has 0 unspecified atom stereocenters. The van der Waals surface area contributed by atoms with Gasteiger partial charge in [0.2, 0.25) is 5.91 Å². The second-order valence-corrected chi connectivity index (χ2v) is 8.52. The Morgan fingerprint density at radius 2 is 1.52 bits per heavy atom. The number of amides is 1. The number of hydrazone groups is 1. The molecule has 5 heteroatoms. The molecule has 0 aliphatic heterocycles. The van der Waals surface area contributed by atoms with E-state index in [4.69, 9.17) is 0 Å². The first-order chi connectivity index (χ1) is 15.2. The van der Waals surface area contributed by atoms with Crippen molar-refractivity contribution in [2.75, 3.05) is 23.7 Å². The Kier molecular flexibility index (Phi) is 6.73. The lowest BCUT2D eigenvalue weighted by Crippen LogP contribution is -2.21. The van der Waals surface area contributed by atoms with Crippen molar-refractivity contribution in [3.05, 3.63) is 89.5 Å². The van der Waals surface area contributed by atoms with Crippen molar-refractivity contribution in [2.45, 2.75) is 19.1 Å². The highest BCUT2D eigenvalue weighted by atomic mass is 32.2. The summed E-state index contributed by atoms with van der Waals surface area (Å²) in [5, 5.41) is 4.31. The lowest BCUT2D eigenvalue weighted by molar-refractivity contribution is -0.118. The molecule has 1 N–H and O–H groups in total. The monoisotopic (exact) mass is 429 g/mol. The molecule has 1 aliphatic carbocycles. The van der Waals surface area contributed by atoms with Crippen LogP contribution in [0.25, 0.3) is 11.1 Å². The van der Waals surface area contributed by atoms with Crippen LogP contribution in [0.5, 0.6) is 0 Å². The summed E-state index contributed by atoms with van der Waals surface area (Å²) in [7, 11) is 0. The van der Waals surface area contributed by atoms with Crippen LogP contribution in [0.4, 0.5) is 5.69 Å². The summed E-state index contributed by atoms with van der Waals surface area (Å²) in [6, 6.07) is 25.1. The fourth-order valence-corrected chi connectivity index (χ4v) is 5.17. The van der Waals surface area contributed by atoms with Crippen molar-refractivity contribution in [1.82, 2.24) is 5.43 Å². The van der Waals surface area contributed by atoms with E-state index in [9.17, 15) is 4.79 Å². The van der Waals surface area contributed by atoms with Gasteiger partial charge in [-0.05, 0) is 53.8 Å². The molecule has 0 saturated carbocycles. The number of thioether (sulfide) groups is 1. The summed E-state index contributed by atoms with van der Waals surface area (Å²) in [5.41, 5.74) is 9.90. The minimum Gasteiger partial charge on any atom is -0.372 e. The third-order valence-electron chi connectivity index (χ3n) is 5.58. The number of anilines is 1. The summed E-state index contributed by atoms with van der Waals surface area (Å²) in [6.07, 6.45) is 1.69. The molecule has 3 aromatic rings. The summed E-state index contributed by atoms with van der Waals surface area (Å²) in [6.45, 7) is 6.26. The topological polar surface area (TPSA) is 44.7 Å². The zero-order valence-electron chi connectivity index (χ0n) is 17.9. The SMILES string of the molecule is CCN(CC)c1ccc(C=NNC(=O)CSC2c3ccccc3-c3ccccc32)cc1. The molecule has 0 radical (unpaired) electrons. The molecule has 158 valence electrons. The first kappa shape index (κ1) is 21.2. The normalized spacial score (nSPS) is 12.6. The van der Waals surface area contributed by atoms with Crippen LogP contribution in [0.15, 0.2) is 77.9 Å². The van der Waals surface area contributed by atoms with Gasteiger partial charge in [0.15, 0.2) is 0 Å². The predicted octanol–water partition coefficient (Wildman–Crippen LogP) is 5.49. The lowest BCUT2D eigenvalue weighted by atomic mass is 10.1. The molecule has 0 fully saturated rings. The van der Waals surface area contributed by atoms with Crippen molar-refractivity contribution < 1.29 is 4.79 Å². The highest BCUT2D eigenvalue weighted by Gasteiger charge is 2.28. The van der Waals surface area contributed by atoms with Gasteiger partial charge in [-0.1, -0.05) is 60.7 Å². The van der Waals surface area contributed by atoms with Gasteiger partial charge in [0.05, 0.1) is 17.2 Å². The summed E-state index contributed by atoms with van der Waals surface area (Å²) >= 11 is 1.64. The number of carbonyl (C=O) groups excluding carboxylic acids is 1. The van der Waals surface area contributed by atoms with E-state index in [0.717, 1.165) is 18.7 Å².